The molecule has 0 atom stereocenters. The normalized spacial score (nSPS) is 16.1. The third-order valence-corrected chi connectivity index (χ3v) is 7.80. The molecule has 0 saturated carbocycles. The van der Waals surface area contributed by atoms with Crippen LogP contribution in [0.4, 0.5) is 4.39 Å². The maximum absolute atomic E-state index is 13.3. The molecular weight excluding hydrogens is 556 g/mol. The van der Waals surface area contributed by atoms with E-state index in [-0.39, 0.29) is 48.8 Å². The summed E-state index contributed by atoms with van der Waals surface area (Å²) in [5.74, 6) is 0.708. The molecular formula is C31H39Cl3FN3O. The lowest BCUT2D eigenvalue weighted by molar-refractivity contribution is 0.0961. The van der Waals surface area contributed by atoms with Gasteiger partial charge < -0.3 is 0 Å². The Morgan fingerprint density at radius 2 is 1.49 bits per heavy atom. The third kappa shape index (κ3) is 9.54. The van der Waals surface area contributed by atoms with Crippen molar-refractivity contribution >= 4 is 43.0 Å². The number of aryl methyl sites for hydroxylation is 1. The summed E-state index contributed by atoms with van der Waals surface area (Å²) in [6.07, 6.45) is 9.81. The second kappa shape index (κ2) is 16.3. The highest BCUT2D eigenvalue weighted by Gasteiger charge is 2.21. The van der Waals surface area contributed by atoms with E-state index in [9.17, 15) is 9.18 Å². The molecule has 3 heterocycles. The van der Waals surface area contributed by atoms with Gasteiger partial charge in [0.2, 0.25) is 0 Å². The molecule has 0 spiro atoms. The fraction of sp³-hybridized carbons (Fsp3) is 0.419. The van der Waals surface area contributed by atoms with Crippen LogP contribution in [0.2, 0.25) is 0 Å². The van der Waals surface area contributed by atoms with Crippen LogP contribution in [0.3, 0.4) is 0 Å². The van der Waals surface area contributed by atoms with E-state index in [4.69, 9.17) is 0 Å². The number of pyridine rings is 1. The fourth-order valence-electron chi connectivity index (χ4n) is 5.65. The predicted molar refractivity (Wildman–Crippen MR) is 163 cm³/mol. The van der Waals surface area contributed by atoms with Gasteiger partial charge in [0, 0.05) is 44.0 Å². The smallest absolute Gasteiger partial charge is 0.162 e. The van der Waals surface area contributed by atoms with E-state index in [1.807, 2.05) is 30.6 Å². The van der Waals surface area contributed by atoms with Crippen LogP contribution in [0.25, 0.3) is 0 Å². The van der Waals surface area contributed by atoms with Crippen LogP contribution in [-0.2, 0) is 26.1 Å². The van der Waals surface area contributed by atoms with Gasteiger partial charge in [0.25, 0.3) is 0 Å². The van der Waals surface area contributed by atoms with Crippen LogP contribution in [0.1, 0.15) is 64.7 Å². The Labute approximate surface area is 250 Å². The monoisotopic (exact) mass is 593 g/mol. The summed E-state index contributed by atoms with van der Waals surface area (Å²) in [5.41, 5.74) is 5.92. The van der Waals surface area contributed by atoms with Crippen molar-refractivity contribution in [3.8, 4) is 0 Å². The number of piperidine rings is 1. The van der Waals surface area contributed by atoms with Crippen LogP contribution in [0.5, 0.6) is 0 Å². The van der Waals surface area contributed by atoms with Gasteiger partial charge in [-0.1, -0.05) is 24.3 Å². The molecule has 0 unspecified atom stereocenters. The molecule has 1 aromatic heterocycles. The highest BCUT2D eigenvalue weighted by molar-refractivity contribution is 5.96. The van der Waals surface area contributed by atoms with Crippen molar-refractivity contribution in [1.29, 1.82) is 0 Å². The van der Waals surface area contributed by atoms with Gasteiger partial charge in [0.05, 0.1) is 0 Å². The molecule has 0 N–H and O–H groups in total. The van der Waals surface area contributed by atoms with E-state index in [2.05, 4.69) is 39.0 Å². The third-order valence-electron chi connectivity index (χ3n) is 7.80. The Morgan fingerprint density at radius 1 is 0.821 bits per heavy atom. The number of likely N-dealkylation sites (tertiary alicyclic amines) is 1. The molecule has 3 aromatic rings. The van der Waals surface area contributed by atoms with E-state index in [0.29, 0.717) is 12.3 Å². The standard InChI is InChI=1S/C31H36FN3O.3ClH/c32-30-8-3-25(4-9-30)22-35-17-1-2-27-6-7-28(20-29(27)23-35)31(36)10-5-24-13-18-34(19-14-24)21-26-11-15-33-16-12-26;;;/h3-4,6-9,11-12,15-16,20,24H,1-2,5,10,13-14,17-19,21-23H2;3*1H. The molecule has 39 heavy (non-hydrogen) atoms. The largest absolute Gasteiger partial charge is 0.299 e. The van der Waals surface area contributed by atoms with Crippen molar-refractivity contribution in [2.75, 3.05) is 19.6 Å². The van der Waals surface area contributed by atoms with E-state index < -0.39 is 0 Å². The number of halogens is 4. The number of fused-ring (bicyclic) bond motifs is 1. The number of ketones is 1. The average molecular weight is 595 g/mol. The SMILES string of the molecule is Cl.Cl.Cl.O=C(CCC1CCN(Cc2ccncc2)CC1)c1ccc2c(c1)CN(Cc1ccc(F)cc1)CCC2. The molecule has 2 aliphatic heterocycles. The predicted octanol–water partition coefficient (Wildman–Crippen LogP) is 7.31. The van der Waals surface area contributed by atoms with Crippen molar-refractivity contribution in [2.24, 2.45) is 5.92 Å². The lowest BCUT2D eigenvalue weighted by atomic mass is 9.89. The summed E-state index contributed by atoms with van der Waals surface area (Å²) >= 11 is 0. The van der Waals surface area contributed by atoms with Crippen LogP contribution in [-0.4, -0.2) is 40.2 Å². The molecule has 0 bridgehead atoms. The number of nitrogens with zero attached hydrogens (tertiary/aromatic N) is 3. The van der Waals surface area contributed by atoms with Crippen molar-refractivity contribution < 1.29 is 9.18 Å². The Hall–Kier alpha value is -2.02. The number of carbonyl (C=O) groups excluding carboxylic acids is 1. The van der Waals surface area contributed by atoms with Gasteiger partial charge in [-0.05, 0) is 110 Å². The van der Waals surface area contributed by atoms with Gasteiger partial charge in [-0.3, -0.25) is 19.6 Å². The first-order chi connectivity index (χ1) is 17.6. The molecule has 5 rings (SSSR count). The second-order valence-corrected chi connectivity index (χ2v) is 10.5. The quantitative estimate of drug-likeness (QED) is 0.256. The highest BCUT2D eigenvalue weighted by atomic mass is 35.5. The maximum Gasteiger partial charge on any atom is 0.162 e. The number of carbonyl (C=O) groups is 1. The molecule has 1 saturated heterocycles. The molecule has 4 nitrogen and oxygen atoms in total. The molecule has 0 radical (unpaired) electrons. The molecule has 0 amide bonds. The molecule has 0 aliphatic carbocycles. The molecule has 2 aromatic carbocycles. The van der Waals surface area contributed by atoms with E-state index in [1.54, 1.807) is 0 Å². The van der Waals surface area contributed by atoms with Gasteiger partial charge in [0.15, 0.2) is 5.78 Å². The van der Waals surface area contributed by atoms with Crippen molar-refractivity contribution in [3.05, 3.63) is 101 Å². The summed E-state index contributed by atoms with van der Waals surface area (Å²) in [4.78, 5) is 22.1. The van der Waals surface area contributed by atoms with Crippen LogP contribution >= 0.6 is 37.2 Å². The lowest BCUT2D eigenvalue weighted by Gasteiger charge is -2.31. The zero-order valence-corrected chi connectivity index (χ0v) is 24.7. The summed E-state index contributed by atoms with van der Waals surface area (Å²) in [6.45, 7) is 5.84. The molecule has 1 fully saturated rings. The number of hydrogen-bond donors (Lipinski definition) is 0. The zero-order valence-electron chi connectivity index (χ0n) is 22.3. The number of rotatable bonds is 8. The first-order valence-corrected chi connectivity index (χ1v) is 13.4. The summed E-state index contributed by atoms with van der Waals surface area (Å²) < 4.78 is 13.3. The first kappa shape index (κ1) is 33.2. The van der Waals surface area contributed by atoms with E-state index in [0.717, 1.165) is 69.7 Å². The van der Waals surface area contributed by atoms with Crippen molar-refractivity contribution in [1.82, 2.24) is 14.8 Å². The second-order valence-electron chi connectivity index (χ2n) is 10.5. The Kier molecular flexibility index (Phi) is 13.9. The van der Waals surface area contributed by atoms with Gasteiger partial charge in [-0.15, -0.1) is 37.2 Å². The minimum Gasteiger partial charge on any atom is -0.299 e. The van der Waals surface area contributed by atoms with Crippen LogP contribution < -0.4 is 0 Å². The number of Topliss-reactive ketones (excluding diaryl/α,β-unsaturated/α-hetero) is 1. The van der Waals surface area contributed by atoms with Gasteiger partial charge in [0.1, 0.15) is 5.82 Å². The van der Waals surface area contributed by atoms with E-state index >= 15 is 0 Å². The highest BCUT2D eigenvalue weighted by Crippen LogP contribution is 2.26. The topological polar surface area (TPSA) is 36.4 Å². The molecule has 2 aliphatic rings. The molecule has 212 valence electrons. The van der Waals surface area contributed by atoms with Gasteiger partial charge >= 0.3 is 0 Å². The van der Waals surface area contributed by atoms with Crippen molar-refractivity contribution in [2.45, 2.75) is 58.2 Å². The number of aromatic nitrogens is 1. The minimum atomic E-state index is -0.196. The fourth-order valence-corrected chi connectivity index (χ4v) is 5.65. The van der Waals surface area contributed by atoms with Crippen LogP contribution in [0.15, 0.2) is 67.0 Å². The summed E-state index contributed by atoms with van der Waals surface area (Å²) in [6, 6.07) is 17.3. The average Bonchev–Trinajstić information content (AvgIpc) is 3.11. The maximum atomic E-state index is 13.3. The van der Waals surface area contributed by atoms with Crippen LogP contribution in [0, 0.1) is 11.7 Å². The Bertz CT molecular complexity index is 1160. The van der Waals surface area contributed by atoms with Gasteiger partial charge in [-0.25, -0.2) is 4.39 Å². The number of benzene rings is 2. The number of hydrogen-bond acceptors (Lipinski definition) is 4. The summed E-state index contributed by atoms with van der Waals surface area (Å²) in [5, 5.41) is 0. The summed E-state index contributed by atoms with van der Waals surface area (Å²) in [7, 11) is 0. The lowest BCUT2D eigenvalue weighted by Crippen LogP contribution is -2.33. The first-order valence-electron chi connectivity index (χ1n) is 13.4. The Morgan fingerprint density at radius 3 is 2.21 bits per heavy atom. The zero-order chi connectivity index (χ0) is 24.7. The van der Waals surface area contributed by atoms with E-state index in [1.165, 1.54) is 41.7 Å². The molecule has 8 heteroatoms. The minimum absolute atomic E-state index is 0. The van der Waals surface area contributed by atoms with Gasteiger partial charge in [-0.2, -0.15) is 0 Å². The Balaban J connectivity index is 0.00000178. The van der Waals surface area contributed by atoms with Crippen molar-refractivity contribution in [3.63, 3.8) is 0 Å².